The summed E-state index contributed by atoms with van der Waals surface area (Å²) >= 11 is 0. The Kier molecular flexibility index (Phi) is 7.29. The van der Waals surface area contributed by atoms with Gasteiger partial charge in [-0.05, 0) is 55.9 Å². The molecule has 8 rings (SSSR count). The van der Waals surface area contributed by atoms with Crippen molar-refractivity contribution in [1.82, 2.24) is 0 Å². The van der Waals surface area contributed by atoms with E-state index >= 15 is 0 Å². The van der Waals surface area contributed by atoms with E-state index in [4.69, 9.17) is 20.5 Å². The minimum Gasteiger partial charge on any atom is -0.176 e. The quantitative estimate of drug-likeness (QED) is 0.125. The molecule has 8 aromatic rings. The fourth-order valence-corrected chi connectivity index (χ4v) is 6.38. The average molecular weight is 591 g/mol. The molecule has 0 saturated heterocycles. The summed E-state index contributed by atoms with van der Waals surface area (Å²) < 4.78 is 0. The SMILES string of the molecule is c1ccc(C(N=Nc2ccc3ccc4c(N=NC(c5ccccc5)c5ccccc5)ccc5ccc2c3c54)c2ccccc2)cc1. The van der Waals surface area contributed by atoms with Crippen molar-refractivity contribution in [1.29, 1.82) is 0 Å². The first-order valence-electron chi connectivity index (χ1n) is 15.6. The molecule has 0 heterocycles. The first-order valence-corrected chi connectivity index (χ1v) is 15.6. The van der Waals surface area contributed by atoms with Crippen molar-refractivity contribution in [2.24, 2.45) is 20.5 Å². The highest BCUT2D eigenvalue weighted by Crippen LogP contribution is 2.42. The minimum absolute atomic E-state index is 0.199. The monoisotopic (exact) mass is 590 g/mol. The fraction of sp³-hybridized carbons (Fsp3) is 0.0476. The van der Waals surface area contributed by atoms with E-state index in [1.165, 1.54) is 10.8 Å². The van der Waals surface area contributed by atoms with Crippen LogP contribution in [0.5, 0.6) is 0 Å². The molecule has 0 N–H and O–H groups in total. The van der Waals surface area contributed by atoms with Gasteiger partial charge < -0.3 is 0 Å². The Morgan fingerprint density at radius 2 is 0.609 bits per heavy atom. The molecule has 0 radical (unpaired) electrons. The van der Waals surface area contributed by atoms with Crippen molar-refractivity contribution in [3.05, 3.63) is 192 Å². The van der Waals surface area contributed by atoms with Crippen LogP contribution >= 0.6 is 0 Å². The van der Waals surface area contributed by atoms with Crippen LogP contribution in [-0.2, 0) is 0 Å². The highest BCUT2D eigenvalue weighted by atomic mass is 15.1. The number of rotatable bonds is 8. The Hall–Kier alpha value is -6.00. The van der Waals surface area contributed by atoms with Gasteiger partial charge in [-0.25, -0.2) is 0 Å². The van der Waals surface area contributed by atoms with E-state index < -0.39 is 0 Å². The minimum atomic E-state index is -0.199. The molecule has 0 spiro atoms. The third-order valence-electron chi connectivity index (χ3n) is 8.64. The zero-order chi connectivity index (χ0) is 30.7. The maximum atomic E-state index is 4.93. The third kappa shape index (κ3) is 5.20. The van der Waals surface area contributed by atoms with Crippen LogP contribution in [0, 0.1) is 0 Å². The Morgan fingerprint density at radius 3 is 0.935 bits per heavy atom. The lowest BCUT2D eigenvalue weighted by atomic mass is 9.93. The maximum absolute atomic E-state index is 4.93. The second-order valence-corrected chi connectivity index (χ2v) is 11.5. The Bertz CT molecular complexity index is 2050. The Labute approximate surface area is 267 Å². The topological polar surface area (TPSA) is 49.4 Å². The fourth-order valence-electron chi connectivity index (χ4n) is 6.38. The second-order valence-electron chi connectivity index (χ2n) is 11.5. The number of hydrogen-bond acceptors (Lipinski definition) is 4. The summed E-state index contributed by atoms with van der Waals surface area (Å²) in [6.07, 6.45) is 0. The van der Waals surface area contributed by atoms with Crippen molar-refractivity contribution in [2.45, 2.75) is 12.1 Å². The zero-order valence-corrected chi connectivity index (χ0v) is 25.1. The molecule has 0 amide bonds. The van der Waals surface area contributed by atoms with Crippen LogP contribution in [0.3, 0.4) is 0 Å². The van der Waals surface area contributed by atoms with Crippen molar-refractivity contribution in [3.8, 4) is 0 Å². The van der Waals surface area contributed by atoms with Crippen LogP contribution in [0.2, 0.25) is 0 Å². The molecule has 0 bridgehead atoms. The van der Waals surface area contributed by atoms with Gasteiger partial charge in [0, 0.05) is 10.8 Å². The molecule has 0 aliphatic rings. The van der Waals surface area contributed by atoms with E-state index in [1.54, 1.807) is 0 Å². The molecular weight excluding hydrogens is 560 g/mol. The van der Waals surface area contributed by atoms with Gasteiger partial charge in [0.1, 0.15) is 12.1 Å². The van der Waals surface area contributed by atoms with Gasteiger partial charge in [0.2, 0.25) is 0 Å². The summed E-state index contributed by atoms with van der Waals surface area (Å²) in [7, 11) is 0. The highest BCUT2D eigenvalue weighted by Gasteiger charge is 2.17. The molecule has 218 valence electrons. The van der Waals surface area contributed by atoms with Crippen molar-refractivity contribution < 1.29 is 0 Å². The van der Waals surface area contributed by atoms with Crippen LogP contribution in [0.25, 0.3) is 32.3 Å². The molecule has 46 heavy (non-hydrogen) atoms. The van der Waals surface area contributed by atoms with E-state index in [9.17, 15) is 0 Å². The highest BCUT2D eigenvalue weighted by molar-refractivity contribution is 6.26. The van der Waals surface area contributed by atoms with Gasteiger partial charge >= 0.3 is 0 Å². The number of hydrogen-bond donors (Lipinski definition) is 0. The molecule has 0 fully saturated rings. The van der Waals surface area contributed by atoms with Crippen molar-refractivity contribution in [3.63, 3.8) is 0 Å². The number of benzene rings is 8. The van der Waals surface area contributed by atoms with E-state index in [2.05, 4.69) is 97.1 Å². The van der Waals surface area contributed by atoms with Crippen LogP contribution in [-0.4, -0.2) is 0 Å². The van der Waals surface area contributed by atoms with Crippen LogP contribution < -0.4 is 0 Å². The molecule has 4 nitrogen and oxygen atoms in total. The lowest BCUT2D eigenvalue weighted by Gasteiger charge is -2.15. The zero-order valence-electron chi connectivity index (χ0n) is 25.1. The number of nitrogens with zero attached hydrogens (tertiary/aromatic N) is 4. The number of azo groups is 2. The van der Waals surface area contributed by atoms with Gasteiger partial charge in [-0.1, -0.05) is 158 Å². The van der Waals surface area contributed by atoms with Crippen LogP contribution in [0.15, 0.2) is 190 Å². The molecule has 8 aromatic carbocycles. The van der Waals surface area contributed by atoms with E-state index in [0.29, 0.717) is 0 Å². The third-order valence-corrected chi connectivity index (χ3v) is 8.64. The van der Waals surface area contributed by atoms with Gasteiger partial charge in [-0.2, -0.15) is 20.5 Å². The largest absolute Gasteiger partial charge is 0.176 e. The lowest BCUT2D eigenvalue weighted by Crippen LogP contribution is -1.97. The smallest absolute Gasteiger partial charge is 0.121 e. The summed E-state index contributed by atoms with van der Waals surface area (Å²) in [5, 5.41) is 26.5. The van der Waals surface area contributed by atoms with Crippen LogP contribution in [0.4, 0.5) is 11.4 Å². The average Bonchev–Trinajstić information content (AvgIpc) is 3.13. The molecule has 0 aliphatic carbocycles. The van der Waals surface area contributed by atoms with E-state index in [1.807, 2.05) is 72.8 Å². The molecule has 4 heteroatoms. The summed E-state index contributed by atoms with van der Waals surface area (Å²) in [6, 6.07) is 58.1. The van der Waals surface area contributed by atoms with Crippen molar-refractivity contribution >= 4 is 43.7 Å². The maximum Gasteiger partial charge on any atom is 0.121 e. The van der Waals surface area contributed by atoms with Gasteiger partial charge in [0.25, 0.3) is 0 Å². The van der Waals surface area contributed by atoms with Crippen molar-refractivity contribution in [2.75, 3.05) is 0 Å². The lowest BCUT2D eigenvalue weighted by molar-refractivity contribution is 0.810. The summed E-state index contributed by atoms with van der Waals surface area (Å²) in [5.74, 6) is 0. The van der Waals surface area contributed by atoms with Crippen LogP contribution in [0.1, 0.15) is 34.3 Å². The summed E-state index contributed by atoms with van der Waals surface area (Å²) in [5.41, 5.74) is 6.12. The molecule has 0 atom stereocenters. The summed E-state index contributed by atoms with van der Waals surface area (Å²) in [4.78, 5) is 0. The van der Waals surface area contributed by atoms with E-state index in [0.717, 1.165) is 55.2 Å². The summed E-state index contributed by atoms with van der Waals surface area (Å²) in [6.45, 7) is 0. The molecule has 0 aromatic heterocycles. The van der Waals surface area contributed by atoms with Gasteiger partial charge in [-0.3, -0.25) is 0 Å². The van der Waals surface area contributed by atoms with E-state index in [-0.39, 0.29) is 12.1 Å². The Balaban J connectivity index is 1.23. The molecule has 0 aliphatic heterocycles. The van der Waals surface area contributed by atoms with Gasteiger partial charge in [0.05, 0.1) is 11.4 Å². The predicted molar refractivity (Wildman–Crippen MR) is 189 cm³/mol. The standard InChI is InChI=1S/C42H30N4/c1-5-13-31(14-6-1)41(32-15-7-2-8-16-32)45-43-37-27-23-29-22-26-36-38(28-24-30-21-25-35(37)39(29)40(30)36)44-46-42(33-17-9-3-10-18-33)34-19-11-4-12-20-34/h1-28,41-42H. The van der Waals surface area contributed by atoms with Gasteiger partial charge in [0.15, 0.2) is 0 Å². The first-order chi connectivity index (χ1) is 22.8. The van der Waals surface area contributed by atoms with Gasteiger partial charge in [-0.15, -0.1) is 0 Å². The molecule has 0 unspecified atom stereocenters. The predicted octanol–water partition coefficient (Wildman–Crippen LogP) is 12.3. The Morgan fingerprint density at radius 1 is 0.304 bits per heavy atom. The molecule has 0 saturated carbocycles. The first kappa shape index (κ1) is 27.5. The normalized spacial score (nSPS) is 12.1. The second kappa shape index (κ2) is 12.2. The molecular formula is C42H30N4.